The van der Waals surface area contributed by atoms with Crippen LogP contribution in [0.25, 0.3) is 22.4 Å². The highest BCUT2D eigenvalue weighted by Crippen LogP contribution is 2.35. The van der Waals surface area contributed by atoms with Crippen molar-refractivity contribution in [3.8, 4) is 28.1 Å². The van der Waals surface area contributed by atoms with Crippen molar-refractivity contribution in [3.05, 3.63) is 53.9 Å². The van der Waals surface area contributed by atoms with Gasteiger partial charge in [-0.25, -0.2) is 4.79 Å². The number of benzene rings is 1. The summed E-state index contributed by atoms with van der Waals surface area (Å²) in [4.78, 5) is 19.3. The number of amides is 1. The van der Waals surface area contributed by atoms with Gasteiger partial charge in [0.1, 0.15) is 11.4 Å². The largest absolute Gasteiger partial charge is 0.495 e. The summed E-state index contributed by atoms with van der Waals surface area (Å²) in [6.45, 7) is 3.65. The average Bonchev–Trinajstić information content (AvgIpc) is 3.26. The molecule has 1 amide bonds. The van der Waals surface area contributed by atoms with Gasteiger partial charge in [-0.05, 0) is 55.8 Å². The molecule has 0 aliphatic carbocycles. The van der Waals surface area contributed by atoms with Crippen molar-refractivity contribution in [3.63, 3.8) is 0 Å². The number of likely N-dealkylation sites (tertiary alicyclic amines) is 1. The molecule has 1 aliphatic rings. The minimum absolute atomic E-state index is 0.250. The van der Waals surface area contributed by atoms with E-state index in [2.05, 4.69) is 20.3 Å². The number of pyridine rings is 1. The second kappa shape index (κ2) is 9.94. The van der Waals surface area contributed by atoms with Crippen LogP contribution in [0.2, 0.25) is 5.02 Å². The Morgan fingerprint density at radius 3 is 2.65 bits per heavy atom. The fraction of sp³-hybridized carbons (Fsp3) is 0.348. The van der Waals surface area contributed by atoms with Crippen LogP contribution in [0.4, 0.5) is 4.79 Å². The normalized spacial score (nSPS) is 14.4. The number of rotatable bonds is 6. The second-order valence-electron chi connectivity index (χ2n) is 7.56. The number of piperidine rings is 1. The number of carbonyl (C=O) groups is 1. The van der Waals surface area contributed by atoms with Crippen LogP contribution in [0.1, 0.15) is 19.3 Å². The molecule has 3 aromatic rings. The molecule has 3 heterocycles. The second-order valence-corrected chi connectivity index (χ2v) is 7.96. The molecule has 4 rings (SSSR count). The van der Waals surface area contributed by atoms with E-state index in [-0.39, 0.29) is 6.03 Å². The van der Waals surface area contributed by atoms with Gasteiger partial charge in [-0.3, -0.25) is 4.98 Å². The third kappa shape index (κ3) is 5.06. The van der Waals surface area contributed by atoms with Crippen molar-refractivity contribution in [2.45, 2.75) is 19.3 Å². The van der Waals surface area contributed by atoms with Gasteiger partial charge in [-0.15, -0.1) is 0 Å². The first-order valence-corrected chi connectivity index (χ1v) is 10.9. The Morgan fingerprint density at radius 2 is 1.90 bits per heavy atom. The number of halogens is 1. The number of aromatic nitrogens is 3. The van der Waals surface area contributed by atoms with Crippen molar-refractivity contribution in [1.82, 2.24) is 25.0 Å². The summed E-state index contributed by atoms with van der Waals surface area (Å²) in [5.74, 6) is 0.556. The number of carbonyl (C=O) groups excluding carboxylic acids is 1. The number of hydrogen-bond donors (Lipinski definition) is 1. The Morgan fingerprint density at radius 1 is 1.13 bits per heavy atom. The molecule has 0 spiro atoms. The summed E-state index contributed by atoms with van der Waals surface area (Å²) in [6, 6.07) is 9.01. The van der Waals surface area contributed by atoms with Crippen molar-refractivity contribution in [2.24, 2.45) is 0 Å². The average molecular weight is 440 g/mol. The lowest BCUT2D eigenvalue weighted by molar-refractivity contribution is 0.220. The van der Waals surface area contributed by atoms with E-state index in [4.69, 9.17) is 16.3 Å². The SMILES string of the molecule is COc1cc(-c2nn(C(=O)NCCN3CCCCC3)cc2-c2ccncc2)ccc1Cl. The molecule has 1 N–H and O–H groups in total. The van der Waals surface area contributed by atoms with Gasteiger partial charge in [0.05, 0.1) is 12.1 Å². The van der Waals surface area contributed by atoms with Crippen molar-refractivity contribution < 1.29 is 9.53 Å². The van der Waals surface area contributed by atoms with Crippen molar-refractivity contribution in [1.29, 1.82) is 0 Å². The van der Waals surface area contributed by atoms with Gasteiger partial charge in [-0.2, -0.15) is 9.78 Å². The summed E-state index contributed by atoms with van der Waals surface area (Å²) in [5.41, 5.74) is 3.24. The molecule has 1 fully saturated rings. The number of methoxy groups -OCH3 is 1. The molecule has 8 heteroatoms. The van der Waals surface area contributed by atoms with Crippen LogP contribution >= 0.6 is 11.6 Å². The van der Waals surface area contributed by atoms with E-state index in [0.29, 0.717) is 23.0 Å². The molecule has 31 heavy (non-hydrogen) atoms. The molecule has 0 bridgehead atoms. The summed E-state index contributed by atoms with van der Waals surface area (Å²) >= 11 is 6.19. The molecule has 7 nitrogen and oxygen atoms in total. The molecule has 0 saturated carbocycles. The molecule has 1 aliphatic heterocycles. The molecule has 0 unspecified atom stereocenters. The minimum atomic E-state index is -0.250. The van der Waals surface area contributed by atoms with Crippen LogP contribution in [-0.4, -0.2) is 59.0 Å². The lowest BCUT2D eigenvalue weighted by Crippen LogP contribution is -2.39. The van der Waals surface area contributed by atoms with E-state index >= 15 is 0 Å². The monoisotopic (exact) mass is 439 g/mol. The Balaban J connectivity index is 1.58. The predicted octanol–water partition coefficient (Wildman–Crippen LogP) is 4.32. The standard InChI is InChI=1S/C23H26ClN5O2/c1-31-21-15-18(5-6-20(21)24)22-19(17-7-9-25-10-8-17)16-29(27-22)23(30)26-11-14-28-12-3-2-4-13-28/h5-10,15-16H,2-4,11-14H2,1H3,(H,26,30). The molecule has 1 aromatic carbocycles. The quantitative estimate of drug-likeness (QED) is 0.619. The Bertz CT molecular complexity index is 1030. The van der Waals surface area contributed by atoms with Crippen molar-refractivity contribution >= 4 is 17.6 Å². The maximum absolute atomic E-state index is 12.8. The molecule has 2 aromatic heterocycles. The number of hydrogen-bond acceptors (Lipinski definition) is 5. The van der Waals surface area contributed by atoms with Crippen molar-refractivity contribution in [2.75, 3.05) is 33.3 Å². The van der Waals surface area contributed by atoms with Crippen LogP contribution in [0.3, 0.4) is 0 Å². The van der Waals surface area contributed by atoms with Gasteiger partial charge in [-0.1, -0.05) is 24.1 Å². The topological polar surface area (TPSA) is 72.3 Å². The molecular weight excluding hydrogens is 414 g/mol. The maximum atomic E-state index is 12.8. The zero-order valence-electron chi connectivity index (χ0n) is 17.6. The van der Waals surface area contributed by atoms with Crippen LogP contribution in [0.15, 0.2) is 48.9 Å². The Kier molecular flexibility index (Phi) is 6.84. The van der Waals surface area contributed by atoms with Crippen LogP contribution in [0, 0.1) is 0 Å². The molecular formula is C23H26ClN5O2. The fourth-order valence-electron chi connectivity index (χ4n) is 3.83. The first kappa shape index (κ1) is 21.3. The first-order valence-electron chi connectivity index (χ1n) is 10.5. The van der Waals surface area contributed by atoms with Gasteiger partial charge in [0.25, 0.3) is 0 Å². The summed E-state index contributed by atoms with van der Waals surface area (Å²) in [7, 11) is 1.57. The summed E-state index contributed by atoms with van der Waals surface area (Å²) < 4.78 is 6.72. The smallest absolute Gasteiger partial charge is 0.342 e. The highest BCUT2D eigenvalue weighted by Gasteiger charge is 2.18. The fourth-order valence-corrected chi connectivity index (χ4v) is 4.02. The summed E-state index contributed by atoms with van der Waals surface area (Å²) in [5, 5.41) is 8.10. The van der Waals surface area contributed by atoms with Gasteiger partial charge in [0.15, 0.2) is 0 Å². The van der Waals surface area contributed by atoms with Gasteiger partial charge in [0, 0.05) is 42.8 Å². The highest BCUT2D eigenvalue weighted by atomic mass is 35.5. The molecule has 0 atom stereocenters. The highest BCUT2D eigenvalue weighted by molar-refractivity contribution is 6.32. The van der Waals surface area contributed by atoms with Crippen LogP contribution < -0.4 is 10.1 Å². The zero-order valence-corrected chi connectivity index (χ0v) is 18.3. The lowest BCUT2D eigenvalue weighted by atomic mass is 10.0. The van der Waals surface area contributed by atoms with Gasteiger partial charge < -0.3 is 15.0 Å². The zero-order chi connectivity index (χ0) is 21.6. The van der Waals surface area contributed by atoms with Gasteiger partial charge in [0.2, 0.25) is 0 Å². The molecule has 162 valence electrons. The van der Waals surface area contributed by atoms with Crippen LogP contribution in [-0.2, 0) is 0 Å². The predicted molar refractivity (Wildman–Crippen MR) is 122 cm³/mol. The number of nitrogens with one attached hydrogen (secondary N) is 1. The lowest BCUT2D eigenvalue weighted by Gasteiger charge is -2.26. The minimum Gasteiger partial charge on any atom is -0.495 e. The van der Waals surface area contributed by atoms with E-state index in [1.165, 1.54) is 23.9 Å². The number of nitrogens with zero attached hydrogens (tertiary/aromatic N) is 4. The van der Waals surface area contributed by atoms with E-state index in [9.17, 15) is 4.79 Å². The number of ether oxygens (including phenoxy) is 1. The third-order valence-electron chi connectivity index (χ3n) is 5.49. The van der Waals surface area contributed by atoms with Crippen LogP contribution in [0.5, 0.6) is 5.75 Å². The van der Waals surface area contributed by atoms with E-state index in [1.807, 2.05) is 24.3 Å². The molecule has 0 radical (unpaired) electrons. The van der Waals surface area contributed by atoms with Gasteiger partial charge >= 0.3 is 6.03 Å². The van der Waals surface area contributed by atoms with E-state index in [0.717, 1.165) is 36.3 Å². The third-order valence-corrected chi connectivity index (χ3v) is 5.80. The first-order chi connectivity index (χ1) is 15.2. The Labute approximate surface area is 187 Å². The Hall–Kier alpha value is -2.90. The molecule has 1 saturated heterocycles. The maximum Gasteiger partial charge on any atom is 0.342 e. The van der Waals surface area contributed by atoms with E-state index < -0.39 is 0 Å². The summed E-state index contributed by atoms with van der Waals surface area (Å²) in [6.07, 6.45) is 8.95. The van der Waals surface area contributed by atoms with E-state index in [1.54, 1.807) is 31.8 Å².